The zero-order valence-corrected chi connectivity index (χ0v) is 27.4. The average Bonchev–Trinajstić information content (AvgIpc) is 3.46. The largest absolute Gasteiger partial charge is 0.490 e. The molecule has 10 heteroatoms. The van der Waals surface area contributed by atoms with Gasteiger partial charge < -0.3 is 20.1 Å². The topological polar surface area (TPSA) is 90.3 Å². The number of halogens is 1. The van der Waals surface area contributed by atoms with Crippen LogP contribution in [0.5, 0.6) is 11.5 Å². The van der Waals surface area contributed by atoms with Crippen LogP contribution in [-0.4, -0.2) is 27.3 Å². The second kappa shape index (κ2) is 14.1. The number of fused-ring (bicyclic) bond motifs is 1. The van der Waals surface area contributed by atoms with Crippen LogP contribution in [0.1, 0.15) is 42.1 Å². The van der Waals surface area contributed by atoms with Crippen LogP contribution in [0.2, 0.25) is 5.02 Å². The van der Waals surface area contributed by atoms with Crippen molar-refractivity contribution in [3.05, 3.63) is 136 Å². The predicted molar refractivity (Wildman–Crippen MR) is 184 cm³/mol. The van der Waals surface area contributed by atoms with Gasteiger partial charge in [0.1, 0.15) is 12.6 Å². The minimum absolute atomic E-state index is 0.245. The van der Waals surface area contributed by atoms with Crippen molar-refractivity contribution < 1.29 is 14.3 Å². The Morgan fingerprint density at radius 1 is 0.935 bits per heavy atom. The molecule has 0 saturated heterocycles. The monoisotopic (exact) mass is 651 g/mol. The first kappa shape index (κ1) is 31.3. The van der Waals surface area contributed by atoms with Crippen molar-refractivity contribution in [2.45, 2.75) is 44.3 Å². The first-order chi connectivity index (χ1) is 22.4. The molecule has 1 aliphatic heterocycles. The number of para-hydroxylation sites is 1. The molecule has 8 nitrogen and oxygen atoms in total. The van der Waals surface area contributed by atoms with Crippen molar-refractivity contribution in [3.63, 3.8) is 0 Å². The van der Waals surface area contributed by atoms with Crippen molar-refractivity contribution in [1.29, 1.82) is 0 Å². The normalized spacial score (nSPS) is 14.0. The maximum atomic E-state index is 13.9. The summed E-state index contributed by atoms with van der Waals surface area (Å²) in [5, 5.41) is 12.5. The smallest absolute Gasteiger partial charge is 0.255 e. The third-order valence-corrected chi connectivity index (χ3v) is 8.91. The quantitative estimate of drug-likeness (QED) is 0.139. The van der Waals surface area contributed by atoms with Crippen LogP contribution in [0.25, 0.3) is 0 Å². The van der Waals surface area contributed by atoms with Gasteiger partial charge in [-0.1, -0.05) is 90.1 Å². The highest BCUT2D eigenvalue weighted by atomic mass is 35.5. The van der Waals surface area contributed by atoms with Gasteiger partial charge in [-0.15, -0.1) is 5.10 Å². The maximum absolute atomic E-state index is 13.9. The molecular weight excluding hydrogens is 618 g/mol. The third-order valence-electron chi connectivity index (χ3n) is 7.65. The minimum Gasteiger partial charge on any atom is -0.490 e. The van der Waals surface area contributed by atoms with Gasteiger partial charge in [-0.05, 0) is 73.4 Å². The number of hydrogen-bond acceptors (Lipinski definition) is 7. The molecule has 4 aromatic carbocycles. The van der Waals surface area contributed by atoms with E-state index in [9.17, 15) is 4.79 Å². The Hall–Kier alpha value is -4.73. The number of thioether (sulfide) groups is 1. The molecule has 1 amide bonds. The Kier molecular flexibility index (Phi) is 9.61. The fourth-order valence-electron chi connectivity index (χ4n) is 5.28. The molecule has 1 unspecified atom stereocenters. The second-order valence-electron chi connectivity index (χ2n) is 10.8. The Morgan fingerprint density at radius 3 is 2.43 bits per heavy atom. The average molecular weight is 652 g/mol. The van der Waals surface area contributed by atoms with Crippen LogP contribution in [0.15, 0.2) is 113 Å². The number of amides is 1. The Morgan fingerprint density at radius 2 is 1.67 bits per heavy atom. The van der Waals surface area contributed by atoms with Gasteiger partial charge in [-0.25, -0.2) is 4.68 Å². The number of nitrogens with zero attached hydrogens (tertiary/aromatic N) is 3. The molecule has 0 fully saturated rings. The summed E-state index contributed by atoms with van der Waals surface area (Å²) < 4.78 is 14.1. The zero-order valence-electron chi connectivity index (χ0n) is 25.8. The van der Waals surface area contributed by atoms with Crippen molar-refractivity contribution in [2.24, 2.45) is 0 Å². The molecule has 5 aromatic rings. The van der Waals surface area contributed by atoms with Crippen LogP contribution in [0, 0.1) is 6.92 Å². The fourth-order valence-corrected chi connectivity index (χ4v) is 6.40. The molecule has 1 atom stereocenters. The number of allylic oxidation sites excluding steroid dienone is 1. The lowest BCUT2D eigenvalue weighted by Gasteiger charge is -2.29. The van der Waals surface area contributed by atoms with E-state index in [2.05, 4.69) is 29.7 Å². The van der Waals surface area contributed by atoms with Crippen molar-refractivity contribution in [1.82, 2.24) is 14.8 Å². The van der Waals surface area contributed by atoms with E-state index in [1.54, 1.807) is 4.68 Å². The Labute approximate surface area is 277 Å². The summed E-state index contributed by atoms with van der Waals surface area (Å²) in [5.74, 6) is 2.10. The standard InChI is InChI=1S/C36H34ClN5O3S/c1-4-44-31-20-25(18-19-30(31)45-21-26-13-9-8-12-23(26)2)33-32(34(43)39-28-15-6-5-7-16-28)24(3)38-35-40-36(41-42(33)35)46-22-27-14-10-11-17-29(27)37/h5-20,33H,4,21-22H2,1-3H3,(H,39,43)(H,38,40,41). The molecule has 2 heterocycles. The molecular formula is C36H34ClN5O3S. The van der Waals surface area contributed by atoms with Gasteiger partial charge in [0, 0.05) is 22.2 Å². The van der Waals surface area contributed by atoms with Crippen molar-refractivity contribution in [2.75, 3.05) is 17.2 Å². The number of aromatic nitrogens is 3. The predicted octanol–water partition coefficient (Wildman–Crippen LogP) is 8.44. The zero-order chi connectivity index (χ0) is 32.0. The lowest BCUT2D eigenvalue weighted by molar-refractivity contribution is -0.113. The molecule has 234 valence electrons. The lowest BCUT2D eigenvalue weighted by Crippen LogP contribution is -2.31. The molecule has 0 bridgehead atoms. The molecule has 6 rings (SSSR count). The van der Waals surface area contributed by atoms with E-state index in [4.69, 9.17) is 31.2 Å². The highest BCUT2D eigenvalue weighted by Crippen LogP contribution is 2.40. The molecule has 0 saturated carbocycles. The molecule has 0 aliphatic carbocycles. The summed E-state index contributed by atoms with van der Waals surface area (Å²) in [6.45, 7) is 6.73. The van der Waals surface area contributed by atoms with E-state index in [-0.39, 0.29) is 5.91 Å². The van der Waals surface area contributed by atoms with E-state index < -0.39 is 6.04 Å². The summed E-state index contributed by atoms with van der Waals surface area (Å²) in [4.78, 5) is 18.7. The Balaban J connectivity index is 1.36. The van der Waals surface area contributed by atoms with E-state index in [0.29, 0.717) is 63.6 Å². The van der Waals surface area contributed by atoms with Gasteiger partial charge >= 0.3 is 0 Å². The van der Waals surface area contributed by atoms with Gasteiger partial charge in [0.2, 0.25) is 11.1 Å². The summed E-state index contributed by atoms with van der Waals surface area (Å²) in [6, 6.07) is 30.4. The van der Waals surface area contributed by atoms with E-state index >= 15 is 0 Å². The SMILES string of the molecule is CCOc1cc(C2C(C(=O)Nc3ccccc3)=C(C)Nc3nc(SCc4ccccc4Cl)nn32)ccc1OCc1ccccc1C. The van der Waals surface area contributed by atoms with E-state index in [1.807, 2.05) is 98.8 Å². The van der Waals surface area contributed by atoms with Crippen molar-refractivity contribution in [3.8, 4) is 11.5 Å². The van der Waals surface area contributed by atoms with E-state index in [0.717, 1.165) is 22.3 Å². The highest BCUT2D eigenvalue weighted by Gasteiger charge is 2.35. The Bertz CT molecular complexity index is 1890. The number of hydrogen-bond donors (Lipinski definition) is 2. The van der Waals surface area contributed by atoms with Gasteiger partial charge in [0.25, 0.3) is 5.91 Å². The first-order valence-corrected chi connectivity index (χ1v) is 16.4. The van der Waals surface area contributed by atoms with Gasteiger partial charge in [-0.3, -0.25) is 4.79 Å². The second-order valence-corrected chi connectivity index (χ2v) is 12.1. The van der Waals surface area contributed by atoms with Crippen LogP contribution in [0.3, 0.4) is 0 Å². The third kappa shape index (κ3) is 6.90. The molecule has 0 spiro atoms. The summed E-state index contributed by atoms with van der Waals surface area (Å²) in [5.41, 5.74) is 5.94. The van der Waals surface area contributed by atoms with E-state index in [1.165, 1.54) is 11.8 Å². The number of carbonyl (C=O) groups excluding carboxylic acids is 1. The molecule has 0 radical (unpaired) electrons. The van der Waals surface area contributed by atoms with Crippen molar-refractivity contribution >= 4 is 40.9 Å². The van der Waals surface area contributed by atoms with Crippen LogP contribution < -0.4 is 20.1 Å². The highest BCUT2D eigenvalue weighted by molar-refractivity contribution is 7.98. The van der Waals surface area contributed by atoms with Gasteiger partial charge in [0.15, 0.2) is 11.5 Å². The number of anilines is 2. The molecule has 46 heavy (non-hydrogen) atoms. The maximum Gasteiger partial charge on any atom is 0.255 e. The summed E-state index contributed by atoms with van der Waals surface area (Å²) >= 11 is 7.89. The molecule has 1 aromatic heterocycles. The van der Waals surface area contributed by atoms with Crippen LogP contribution in [0.4, 0.5) is 11.6 Å². The minimum atomic E-state index is -0.591. The van der Waals surface area contributed by atoms with Gasteiger partial charge in [-0.2, -0.15) is 4.98 Å². The fraction of sp³-hybridized carbons (Fsp3) is 0.194. The number of benzene rings is 4. The number of aryl methyl sites for hydroxylation is 1. The molecule has 1 aliphatic rings. The molecule has 2 N–H and O–H groups in total. The number of ether oxygens (including phenoxy) is 2. The van der Waals surface area contributed by atoms with Crippen LogP contribution in [-0.2, 0) is 17.2 Å². The summed E-state index contributed by atoms with van der Waals surface area (Å²) in [7, 11) is 0. The number of rotatable bonds is 11. The lowest BCUT2D eigenvalue weighted by atomic mass is 9.94. The number of nitrogens with one attached hydrogen (secondary N) is 2. The van der Waals surface area contributed by atoms with Gasteiger partial charge in [0.05, 0.1) is 12.2 Å². The summed E-state index contributed by atoms with van der Waals surface area (Å²) in [6.07, 6.45) is 0. The first-order valence-electron chi connectivity index (χ1n) is 15.0. The van der Waals surface area contributed by atoms with Crippen LogP contribution >= 0.6 is 23.4 Å². The number of carbonyl (C=O) groups is 1.